The predicted octanol–water partition coefficient (Wildman–Crippen LogP) is 0.499. The number of aliphatic hydroxyl groups is 1. The molecule has 6 heteroatoms. The predicted molar refractivity (Wildman–Crippen MR) is 77.0 cm³/mol. The Hall–Kier alpha value is -2.65. The third-order valence-electron chi connectivity index (χ3n) is 2.99. The van der Waals surface area contributed by atoms with Crippen molar-refractivity contribution in [2.75, 3.05) is 6.61 Å². The van der Waals surface area contributed by atoms with Crippen LogP contribution >= 0.6 is 0 Å². The van der Waals surface area contributed by atoms with Gasteiger partial charge in [-0.25, -0.2) is 9.67 Å². The number of carbonyl (C=O) groups excluding carboxylic acids is 1. The van der Waals surface area contributed by atoms with Crippen molar-refractivity contribution in [3.8, 4) is 11.8 Å². The zero-order valence-corrected chi connectivity index (χ0v) is 11.7. The Morgan fingerprint density at radius 3 is 3.00 bits per heavy atom. The second-order valence-corrected chi connectivity index (χ2v) is 4.39. The first-order valence-electron chi connectivity index (χ1n) is 6.52. The zero-order chi connectivity index (χ0) is 15.1. The highest BCUT2D eigenvalue weighted by Crippen LogP contribution is 2.08. The number of rotatable bonds is 4. The standard InChI is InChI=1S/C15H16N4O2/c1-12(19-11-16-10-18-19)15(21)17-9-14-6-3-2-5-13(14)7-4-8-20/h2-3,5-6,10-12,20H,8-9H2,1H3,(H,17,21). The van der Waals surface area contributed by atoms with Gasteiger partial charge in [0, 0.05) is 12.1 Å². The Morgan fingerprint density at radius 1 is 1.48 bits per heavy atom. The highest BCUT2D eigenvalue weighted by Gasteiger charge is 2.15. The Kier molecular flexibility index (Phi) is 5.07. The van der Waals surface area contributed by atoms with Gasteiger partial charge in [-0.2, -0.15) is 5.10 Å². The van der Waals surface area contributed by atoms with E-state index < -0.39 is 6.04 Å². The number of nitrogens with one attached hydrogen (secondary N) is 1. The molecule has 0 radical (unpaired) electrons. The van der Waals surface area contributed by atoms with E-state index in [9.17, 15) is 4.79 Å². The first-order chi connectivity index (χ1) is 10.2. The molecule has 1 heterocycles. The fraction of sp³-hybridized carbons (Fsp3) is 0.267. The first kappa shape index (κ1) is 14.8. The van der Waals surface area contributed by atoms with E-state index in [1.165, 1.54) is 17.3 Å². The lowest BCUT2D eigenvalue weighted by Crippen LogP contribution is -2.31. The topological polar surface area (TPSA) is 80.0 Å². The van der Waals surface area contributed by atoms with Crippen molar-refractivity contribution in [2.45, 2.75) is 19.5 Å². The van der Waals surface area contributed by atoms with Gasteiger partial charge >= 0.3 is 0 Å². The van der Waals surface area contributed by atoms with Crippen molar-refractivity contribution in [2.24, 2.45) is 0 Å². The van der Waals surface area contributed by atoms with Gasteiger partial charge in [0.1, 0.15) is 25.3 Å². The van der Waals surface area contributed by atoms with E-state index in [-0.39, 0.29) is 12.5 Å². The molecule has 1 amide bonds. The Balaban J connectivity index is 2.01. The minimum atomic E-state index is -0.428. The van der Waals surface area contributed by atoms with E-state index >= 15 is 0 Å². The summed E-state index contributed by atoms with van der Waals surface area (Å²) in [5, 5.41) is 15.5. The van der Waals surface area contributed by atoms with Crippen LogP contribution in [0.1, 0.15) is 24.1 Å². The molecule has 2 rings (SSSR count). The van der Waals surface area contributed by atoms with Crippen LogP contribution in [-0.4, -0.2) is 32.4 Å². The fourth-order valence-corrected chi connectivity index (χ4v) is 1.80. The molecule has 0 saturated heterocycles. The van der Waals surface area contributed by atoms with Gasteiger partial charge < -0.3 is 10.4 Å². The molecule has 0 saturated carbocycles. The molecule has 1 aromatic carbocycles. The number of nitrogens with zero attached hydrogens (tertiary/aromatic N) is 3. The Morgan fingerprint density at radius 2 is 2.29 bits per heavy atom. The van der Waals surface area contributed by atoms with Crippen LogP contribution in [0.4, 0.5) is 0 Å². The van der Waals surface area contributed by atoms with Crippen LogP contribution < -0.4 is 5.32 Å². The average Bonchev–Trinajstić information content (AvgIpc) is 3.05. The number of hydrogen-bond acceptors (Lipinski definition) is 4. The molecule has 1 unspecified atom stereocenters. The van der Waals surface area contributed by atoms with Crippen molar-refractivity contribution in [1.82, 2.24) is 20.1 Å². The normalized spacial score (nSPS) is 11.3. The largest absolute Gasteiger partial charge is 0.384 e. The summed E-state index contributed by atoms with van der Waals surface area (Å²) in [6, 6.07) is 7.06. The van der Waals surface area contributed by atoms with E-state index in [0.29, 0.717) is 6.54 Å². The minimum absolute atomic E-state index is 0.148. The van der Waals surface area contributed by atoms with Crippen molar-refractivity contribution in [1.29, 1.82) is 0 Å². The van der Waals surface area contributed by atoms with Crippen LogP contribution in [0.15, 0.2) is 36.9 Å². The molecule has 21 heavy (non-hydrogen) atoms. The van der Waals surface area contributed by atoms with E-state index in [2.05, 4.69) is 27.2 Å². The minimum Gasteiger partial charge on any atom is -0.384 e. The first-order valence-corrected chi connectivity index (χ1v) is 6.52. The molecule has 1 aromatic heterocycles. The number of aromatic nitrogens is 3. The summed E-state index contributed by atoms with van der Waals surface area (Å²) < 4.78 is 1.49. The summed E-state index contributed by atoms with van der Waals surface area (Å²) >= 11 is 0. The van der Waals surface area contributed by atoms with Crippen LogP contribution in [-0.2, 0) is 11.3 Å². The molecule has 6 nitrogen and oxygen atoms in total. The molecule has 0 spiro atoms. The molecule has 0 aliphatic rings. The lowest BCUT2D eigenvalue weighted by atomic mass is 10.1. The third-order valence-corrected chi connectivity index (χ3v) is 2.99. The number of carbonyl (C=O) groups is 1. The number of aliphatic hydroxyl groups excluding tert-OH is 1. The van der Waals surface area contributed by atoms with E-state index in [0.717, 1.165) is 11.1 Å². The summed E-state index contributed by atoms with van der Waals surface area (Å²) in [7, 11) is 0. The van der Waals surface area contributed by atoms with E-state index in [1.54, 1.807) is 6.92 Å². The summed E-state index contributed by atoms with van der Waals surface area (Å²) in [5.41, 5.74) is 1.69. The third kappa shape index (κ3) is 3.91. The summed E-state index contributed by atoms with van der Waals surface area (Å²) in [4.78, 5) is 15.9. The highest BCUT2D eigenvalue weighted by molar-refractivity contribution is 5.79. The van der Waals surface area contributed by atoms with Crippen LogP contribution in [0.25, 0.3) is 0 Å². The molecule has 0 fully saturated rings. The molecule has 2 N–H and O–H groups in total. The molecule has 0 aliphatic heterocycles. The molecule has 0 aliphatic carbocycles. The van der Waals surface area contributed by atoms with Gasteiger partial charge in [-0.15, -0.1) is 0 Å². The average molecular weight is 284 g/mol. The molecule has 2 aromatic rings. The maximum Gasteiger partial charge on any atom is 0.244 e. The quantitative estimate of drug-likeness (QED) is 0.801. The summed E-state index contributed by atoms with van der Waals surface area (Å²) in [6.45, 7) is 1.93. The van der Waals surface area contributed by atoms with Gasteiger partial charge in [0.05, 0.1) is 0 Å². The maximum absolute atomic E-state index is 12.1. The van der Waals surface area contributed by atoms with Crippen LogP contribution in [0.2, 0.25) is 0 Å². The van der Waals surface area contributed by atoms with Gasteiger partial charge in [-0.3, -0.25) is 4.79 Å². The lowest BCUT2D eigenvalue weighted by Gasteiger charge is -2.12. The summed E-state index contributed by atoms with van der Waals surface area (Å²) in [5.74, 6) is 5.33. The molecular formula is C15H16N4O2. The fourth-order valence-electron chi connectivity index (χ4n) is 1.80. The van der Waals surface area contributed by atoms with Crippen molar-refractivity contribution in [3.63, 3.8) is 0 Å². The number of amides is 1. The smallest absolute Gasteiger partial charge is 0.244 e. The molecule has 1 atom stereocenters. The summed E-state index contributed by atoms with van der Waals surface area (Å²) in [6.07, 6.45) is 2.90. The van der Waals surface area contributed by atoms with Gasteiger partial charge in [0.2, 0.25) is 5.91 Å². The Labute approximate surface area is 122 Å². The van der Waals surface area contributed by atoms with Crippen molar-refractivity contribution in [3.05, 3.63) is 48.0 Å². The highest BCUT2D eigenvalue weighted by atomic mass is 16.2. The van der Waals surface area contributed by atoms with Gasteiger partial charge in [0.15, 0.2) is 0 Å². The lowest BCUT2D eigenvalue weighted by molar-refractivity contribution is -0.124. The number of benzene rings is 1. The SMILES string of the molecule is CC(C(=O)NCc1ccccc1C#CCO)n1cncn1. The monoisotopic (exact) mass is 284 g/mol. The van der Waals surface area contributed by atoms with Gasteiger partial charge in [0.25, 0.3) is 0 Å². The zero-order valence-electron chi connectivity index (χ0n) is 11.7. The van der Waals surface area contributed by atoms with E-state index in [1.807, 2.05) is 24.3 Å². The van der Waals surface area contributed by atoms with Crippen LogP contribution in [0.3, 0.4) is 0 Å². The Bertz CT molecular complexity index is 656. The molecular weight excluding hydrogens is 268 g/mol. The van der Waals surface area contributed by atoms with Gasteiger partial charge in [-0.05, 0) is 18.6 Å². The van der Waals surface area contributed by atoms with Crippen molar-refractivity contribution < 1.29 is 9.90 Å². The maximum atomic E-state index is 12.1. The second kappa shape index (κ2) is 7.22. The second-order valence-electron chi connectivity index (χ2n) is 4.39. The van der Waals surface area contributed by atoms with Crippen LogP contribution in [0, 0.1) is 11.8 Å². The van der Waals surface area contributed by atoms with Gasteiger partial charge in [-0.1, -0.05) is 30.0 Å². The van der Waals surface area contributed by atoms with Crippen molar-refractivity contribution >= 4 is 5.91 Å². The molecule has 0 bridgehead atoms. The van der Waals surface area contributed by atoms with E-state index in [4.69, 9.17) is 5.11 Å². The molecule has 108 valence electrons. The van der Waals surface area contributed by atoms with Crippen LogP contribution in [0.5, 0.6) is 0 Å². The number of hydrogen-bond donors (Lipinski definition) is 2.